The fraction of sp³-hybridized carbons (Fsp3) is 0.667. The van der Waals surface area contributed by atoms with Gasteiger partial charge in [-0.25, -0.2) is 9.66 Å². The predicted molar refractivity (Wildman–Crippen MR) is 76.7 cm³/mol. The highest BCUT2D eigenvalue weighted by Gasteiger charge is 2.32. The molecular weight excluding hydrogens is 299 g/mol. The molecular formula is C12H21N2O6P. The molecule has 8 nitrogen and oxygen atoms in total. The topological polar surface area (TPSA) is 99.7 Å². The Morgan fingerprint density at radius 2 is 2.14 bits per heavy atom. The number of rotatable bonds is 9. The lowest BCUT2D eigenvalue weighted by Crippen LogP contribution is -2.15. The number of aromatic nitrogens is 2. The molecule has 0 aliphatic carbocycles. The summed E-state index contributed by atoms with van der Waals surface area (Å²) in [5, 5.41) is 5.77. The number of H-pyrrole nitrogens is 1. The minimum Gasteiger partial charge on any atom is -0.488 e. The molecule has 1 heterocycles. The second-order valence-corrected chi connectivity index (χ2v) is 5.84. The van der Waals surface area contributed by atoms with Crippen LogP contribution in [0.2, 0.25) is 0 Å². The Morgan fingerprint density at radius 1 is 1.43 bits per heavy atom. The van der Waals surface area contributed by atoms with E-state index in [-0.39, 0.29) is 24.2 Å². The van der Waals surface area contributed by atoms with Gasteiger partial charge >= 0.3 is 13.4 Å². The van der Waals surface area contributed by atoms with Crippen molar-refractivity contribution < 1.29 is 22.9 Å². The molecule has 1 aromatic heterocycles. The number of nitrogens with one attached hydrogen (secondary N) is 1. The summed E-state index contributed by atoms with van der Waals surface area (Å²) in [6.45, 7) is 5.69. The molecule has 2 atom stereocenters. The minimum atomic E-state index is -3.86. The van der Waals surface area contributed by atoms with Crippen LogP contribution >= 0.6 is 7.82 Å². The van der Waals surface area contributed by atoms with Gasteiger partial charge in [-0.3, -0.25) is 13.8 Å². The summed E-state index contributed by atoms with van der Waals surface area (Å²) in [7, 11) is -2.57. The molecule has 0 saturated heterocycles. The van der Waals surface area contributed by atoms with Gasteiger partial charge in [-0.15, -0.1) is 0 Å². The molecule has 0 radical (unpaired) electrons. The van der Waals surface area contributed by atoms with E-state index in [0.717, 1.165) is 0 Å². The smallest absolute Gasteiger partial charge is 0.488 e. The molecule has 0 amide bonds. The van der Waals surface area contributed by atoms with Gasteiger partial charge in [0.1, 0.15) is 0 Å². The van der Waals surface area contributed by atoms with Crippen LogP contribution in [0.4, 0.5) is 0 Å². The van der Waals surface area contributed by atoms with Crippen molar-refractivity contribution in [2.24, 2.45) is 0 Å². The maximum Gasteiger partial charge on any atom is 0.530 e. The molecule has 0 fully saturated rings. The van der Waals surface area contributed by atoms with Gasteiger partial charge < -0.3 is 9.26 Å². The summed E-state index contributed by atoms with van der Waals surface area (Å²) < 4.78 is 33.4. The zero-order chi connectivity index (χ0) is 15.9. The largest absolute Gasteiger partial charge is 0.530 e. The monoisotopic (exact) mass is 320 g/mol. The van der Waals surface area contributed by atoms with Crippen LogP contribution < -0.4 is 14.8 Å². The van der Waals surface area contributed by atoms with Gasteiger partial charge in [-0.2, -0.15) is 5.10 Å². The van der Waals surface area contributed by atoms with Crippen LogP contribution in [-0.4, -0.2) is 30.0 Å². The molecule has 0 aromatic carbocycles. The molecule has 21 heavy (non-hydrogen) atoms. The number of phosphoric ester groups is 1. The maximum absolute atomic E-state index is 12.6. The van der Waals surface area contributed by atoms with Crippen molar-refractivity contribution >= 4 is 7.82 Å². The molecule has 0 spiro atoms. The summed E-state index contributed by atoms with van der Waals surface area (Å²) in [4.78, 5) is 11.6. The third kappa shape index (κ3) is 5.15. The van der Waals surface area contributed by atoms with E-state index in [0.29, 0.717) is 12.8 Å². The number of methoxy groups -OCH3 is 1. The van der Waals surface area contributed by atoms with Crippen molar-refractivity contribution in [3.05, 3.63) is 16.6 Å². The first-order chi connectivity index (χ1) is 9.95. The van der Waals surface area contributed by atoms with E-state index in [1.54, 1.807) is 6.92 Å². The lowest BCUT2D eigenvalue weighted by atomic mass is 10.3. The van der Waals surface area contributed by atoms with Gasteiger partial charge in [0.25, 0.3) is 0 Å². The van der Waals surface area contributed by atoms with Crippen molar-refractivity contribution in [2.45, 2.75) is 39.7 Å². The first-order valence-corrected chi connectivity index (χ1v) is 8.16. The van der Waals surface area contributed by atoms with Crippen molar-refractivity contribution in [2.75, 3.05) is 13.7 Å². The van der Waals surface area contributed by atoms with Crippen LogP contribution in [-0.2, 0) is 13.6 Å². The normalized spacial score (nSPS) is 15.2. The molecule has 0 saturated carbocycles. The zero-order valence-electron chi connectivity index (χ0n) is 12.6. The van der Waals surface area contributed by atoms with Crippen molar-refractivity contribution in [1.82, 2.24) is 10.2 Å². The van der Waals surface area contributed by atoms with Gasteiger partial charge in [0.15, 0.2) is 5.75 Å². The molecule has 2 unspecified atom stereocenters. The Morgan fingerprint density at radius 3 is 2.71 bits per heavy atom. The number of phosphoric acid groups is 1. The Hall–Kier alpha value is -1.37. The van der Waals surface area contributed by atoms with Crippen molar-refractivity contribution in [3.8, 4) is 11.5 Å². The SMILES string of the molecule is CCCOP(=O)(Oc1cn[nH]c(=O)c1OC)OC(C)CC. The first kappa shape index (κ1) is 17.7. The highest BCUT2D eigenvalue weighted by atomic mass is 31.2. The summed E-state index contributed by atoms with van der Waals surface area (Å²) in [6, 6.07) is 0. The second kappa shape index (κ2) is 8.17. The summed E-state index contributed by atoms with van der Waals surface area (Å²) in [5.41, 5.74) is -0.597. The van der Waals surface area contributed by atoms with Crippen LogP contribution in [0, 0.1) is 0 Å². The first-order valence-electron chi connectivity index (χ1n) is 6.70. The van der Waals surface area contributed by atoms with Crippen LogP contribution in [0.3, 0.4) is 0 Å². The lowest BCUT2D eigenvalue weighted by molar-refractivity contribution is 0.115. The van der Waals surface area contributed by atoms with Crippen LogP contribution in [0.1, 0.15) is 33.6 Å². The van der Waals surface area contributed by atoms with Crippen LogP contribution in [0.15, 0.2) is 11.0 Å². The zero-order valence-corrected chi connectivity index (χ0v) is 13.5. The van der Waals surface area contributed by atoms with E-state index in [9.17, 15) is 9.36 Å². The number of nitrogens with zero attached hydrogens (tertiary/aromatic N) is 1. The van der Waals surface area contributed by atoms with Gasteiger partial charge in [0, 0.05) is 0 Å². The van der Waals surface area contributed by atoms with E-state index in [4.69, 9.17) is 18.3 Å². The Balaban J connectivity index is 3.03. The van der Waals surface area contributed by atoms with Gasteiger partial charge in [-0.05, 0) is 19.8 Å². The van der Waals surface area contributed by atoms with E-state index in [1.165, 1.54) is 13.3 Å². The van der Waals surface area contributed by atoms with Crippen LogP contribution in [0.25, 0.3) is 0 Å². The second-order valence-electron chi connectivity index (χ2n) is 4.29. The molecule has 9 heteroatoms. The quantitative estimate of drug-likeness (QED) is 0.698. The molecule has 120 valence electrons. The molecule has 0 aliphatic heterocycles. The van der Waals surface area contributed by atoms with Crippen molar-refractivity contribution in [1.29, 1.82) is 0 Å². The number of hydrogen-bond acceptors (Lipinski definition) is 7. The average Bonchev–Trinajstić information content (AvgIpc) is 2.45. The molecule has 1 N–H and O–H groups in total. The fourth-order valence-corrected chi connectivity index (χ4v) is 2.85. The fourth-order valence-electron chi connectivity index (χ4n) is 1.33. The summed E-state index contributed by atoms with van der Waals surface area (Å²) in [6.07, 6.45) is 2.13. The predicted octanol–water partition coefficient (Wildman–Crippen LogP) is 2.51. The maximum atomic E-state index is 12.6. The molecule has 0 aliphatic rings. The van der Waals surface area contributed by atoms with E-state index in [1.807, 2.05) is 13.8 Å². The van der Waals surface area contributed by atoms with E-state index in [2.05, 4.69) is 10.2 Å². The van der Waals surface area contributed by atoms with E-state index >= 15 is 0 Å². The van der Waals surface area contributed by atoms with Crippen molar-refractivity contribution in [3.63, 3.8) is 0 Å². The van der Waals surface area contributed by atoms with Gasteiger partial charge in [-0.1, -0.05) is 13.8 Å². The van der Waals surface area contributed by atoms with Gasteiger partial charge in [0.2, 0.25) is 5.75 Å². The van der Waals surface area contributed by atoms with E-state index < -0.39 is 13.4 Å². The number of hydrogen-bond donors (Lipinski definition) is 1. The molecule has 0 bridgehead atoms. The summed E-state index contributed by atoms with van der Waals surface area (Å²) in [5.74, 6) is -0.234. The third-order valence-electron chi connectivity index (χ3n) is 2.53. The highest BCUT2D eigenvalue weighted by Crippen LogP contribution is 2.52. The standard InChI is InChI=1S/C12H21N2O6P/c1-5-7-18-21(16,19-9(3)6-2)20-10-8-13-14-12(15)11(10)17-4/h8-9H,5-7H2,1-4H3,(H,14,15). The molecule has 1 aromatic rings. The molecule has 1 rings (SSSR count). The third-order valence-corrected chi connectivity index (χ3v) is 4.07. The highest BCUT2D eigenvalue weighted by molar-refractivity contribution is 7.49. The number of aromatic amines is 1. The Labute approximate surface area is 123 Å². The average molecular weight is 320 g/mol. The Bertz CT molecular complexity index is 547. The minimum absolute atomic E-state index is 0.0935. The van der Waals surface area contributed by atoms with Crippen LogP contribution in [0.5, 0.6) is 11.5 Å². The Kier molecular flexibility index (Phi) is 6.87. The summed E-state index contributed by atoms with van der Waals surface area (Å²) >= 11 is 0. The number of ether oxygens (including phenoxy) is 1. The lowest BCUT2D eigenvalue weighted by Gasteiger charge is -2.21. The van der Waals surface area contributed by atoms with Gasteiger partial charge in [0.05, 0.1) is 26.0 Å².